The molecule has 1 N–H and O–H groups in total. The van der Waals surface area contributed by atoms with Crippen LogP contribution < -0.4 is 5.32 Å². The number of nitrogens with one attached hydrogen (secondary N) is 1. The van der Waals surface area contributed by atoms with Crippen molar-refractivity contribution in [2.24, 2.45) is 13.0 Å². The van der Waals surface area contributed by atoms with Crippen molar-refractivity contribution in [1.82, 2.24) is 20.0 Å². The van der Waals surface area contributed by atoms with Gasteiger partial charge in [0.1, 0.15) is 0 Å². The molecule has 0 bridgehead atoms. The average molecular weight is 429 g/mol. The van der Waals surface area contributed by atoms with Crippen LogP contribution in [0.5, 0.6) is 0 Å². The molecule has 0 radical (unpaired) electrons. The molecule has 30 heavy (non-hydrogen) atoms. The number of hydrogen-bond acceptors (Lipinski definition) is 4. The summed E-state index contributed by atoms with van der Waals surface area (Å²) in [6.45, 7) is 6.29. The fourth-order valence-corrected chi connectivity index (χ4v) is 5.85. The first-order chi connectivity index (χ1) is 14.4. The van der Waals surface area contributed by atoms with E-state index in [2.05, 4.69) is 16.5 Å². The zero-order valence-corrected chi connectivity index (χ0v) is 19.1. The molecule has 1 aliphatic heterocycles. The minimum atomic E-state index is -0.0227. The van der Waals surface area contributed by atoms with Gasteiger partial charge in [0.05, 0.1) is 10.6 Å². The first-order valence-electron chi connectivity index (χ1n) is 11.1. The third-order valence-corrected chi connectivity index (χ3v) is 7.88. The second-order valence-corrected chi connectivity index (χ2v) is 9.83. The summed E-state index contributed by atoms with van der Waals surface area (Å²) in [7, 11) is 1.93. The number of likely N-dealkylation sites (tertiary alicyclic amines) is 1. The van der Waals surface area contributed by atoms with Gasteiger partial charge in [-0.3, -0.25) is 14.3 Å². The fraction of sp³-hybridized carbons (Fsp3) is 0.609. The summed E-state index contributed by atoms with van der Waals surface area (Å²) in [5.74, 6) is 0.264. The van der Waals surface area contributed by atoms with Crippen molar-refractivity contribution in [3.8, 4) is 0 Å². The summed E-state index contributed by atoms with van der Waals surface area (Å²) in [4.78, 5) is 29.9. The van der Waals surface area contributed by atoms with E-state index in [4.69, 9.17) is 0 Å². The van der Waals surface area contributed by atoms with Gasteiger partial charge in [0.2, 0.25) is 5.91 Å². The van der Waals surface area contributed by atoms with Crippen LogP contribution in [0.3, 0.4) is 0 Å². The largest absolute Gasteiger partial charge is 0.352 e. The summed E-state index contributed by atoms with van der Waals surface area (Å²) < 4.78 is 1.86. The van der Waals surface area contributed by atoms with Crippen molar-refractivity contribution in [2.75, 3.05) is 13.1 Å². The molecule has 1 unspecified atom stereocenters. The third kappa shape index (κ3) is 4.31. The van der Waals surface area contributed by atoms with Crippen molar-refractivity contribution < 1.29 is 9.59 Å². The average Bonchev–Trinajstić information content (AvgIpc) is 3.12. The van der Waals surface area contributed by atoms with Crippen LogP contribution in [0.4, 0.5) is 0 Å². The number of aryl methyl sites for hydroxylation is 3. The third-order valence-electron chi connectivity index (χ3n) is 6.66. The molecule has 0 aromatic carbocycles. The van der Waals surface area contributed by atoms with Gasteiger partial charge < -0.3 is 10.2 Å². The van der Waals surface area contributed by atoms with E-state index in [1.54, 1.807) is 11.3 Å². The SMILES string of the molecule is Cc1nn(C)c(C)c1CNC(=O)C1CCc2sc(C(=O)N3CCCCCC3)cc2C1. The van der Waals surface area contributed by atoms with E-state index in [1.165, 1.54) is 23.3 Å². The van der Waals surface area contributed by atoms with Crippen LogP contribution >= 0.6 is 11.3 Å². The molecule has 6 nitrogen and oxygen atoms in total. The Balaban J connectivity index is 1.38. The predicted molar refractivity (Wildman–Crippen MR) is 119 cm³/mol. The minimum Gasteiger partial charge on any atom is -0.352 e. The maximum atomic E-state index is 13.0. The lowest BCUT2D eigenvalue weighted by atomic mass is 9.87. The Morgan fingerprint density at radius 3 is 2.60 bits per heavy atom. The highest BCUT2D eigenvalue weighted by atomic mass is 32.1. The van der Waals surface area contributed by atoms with Crippen molar-refractivity contribution in [1.29, 1.82) is 0 Å². The number of rotatable bonds is 4. The van der Waals surface area contributed by atoms with Gasteiger partial charge in [0.15, 0.2) is 0 Å². The van der Waals surface area contributed by atoms with E-state index in [0.717, 1.165) is 67.0 Å². The molecule has 0 spiro atoms. The van der Waals surface area contributed by atoms with Crippen molar-refractivity contribution in [2.45, 2.75) is 65.3 Å². The molecule has 162 valence electrons. The van der Waals surface area contributed by atoms with Gasteiger partial charge in [-0.1, -0.05) is 12.8 Å². The number of amides is 2. The van der Waals surface area contributed by atoms with Gasteiger partial charge in [0.25, 0.3) is 5.91 Å². The Labute approximate surface area is 182 Å². The van der Waals surface area contributed by atoms with Crippen LogP contribution in [0.15, 0.2) is 6.07 Å². The number of thiophene rings is 1. The molecule has 2 aliphatic rings. The summed E-state index contributed by atoms with van der Waals surface area (Å²) in [6, 6.07) is 2.06. The molecule has 1 saturated heterocycles. The molecule has 4 rings (SSSR count). The Morgan fingerprint density at radius 2 is 1.93 bits per heavy atom. The van der Waals surface area contributed by atoms with Gasteiger partial charge in [-0.05, 0) is 57.6 Å². The zero-order valence-electron chi connectivity index (χ0n) is 18.3. The van der Waals surface area contributed by atoms with Gasteiger partial charge >= 0.3 is 0 Å². The van der Waals surface area contributed by atoms with Gasteiger partial charge in [-0.2, -0.15) is 5.10 Å². The first kappa shape index (κ1) is 21.1. The van der Waals surface area contributed by atoms with Crippen LogP contribution in [0.1, 0.15) is 69.2 Å². The van der Waals surface area contributed by atoms with Gasteiger partial charge in [-0.15, -0.1) is 11.3 Å². The van der Waals surface area contributed by atoms with E-state index in [-0.39, 0.29) is 17.7 Å². The number of carbonyl (C=O) groups excluding carboxylic acids is 2. The molecular formula is C23H32N4O2S. The van der Waals surface area contributed by atoms with E-state index < -0.39 is 0 Å². The first-order valence-corrected chi connectivity index (χ1v) is 11.9. The Bertz CT molecular complexity index is 937. The summed E-state index contributed by atoms with van der Waals surface area (Å²) >= 11 is 1.64. The molecule has 7 heteroatoms. The number of aromatic nitrogens is 2. The highest BCUT2D eigenvalue weighted by Crippen LogP contribution is 2.33. The molecule has 1 atom stereocenters. The number of hydrogen-bond donors (Lipinski definition) is 1. The summed E-state index contributed by atoms with van der Waals surface area (Å²) in [6.07, 6.45) is 7.12. The molecule has 2 aromatic heterocycles. The maximum absolute atomic E-state index is 13.0. The van der Waals surface area contributed by atoms with E-state index in [9.17, 15) is 9.59 Å². The normalized spacial score (nSPS) is 19.3. The molecule has 0 saturated carbocycles. The highest BCUT2D eigenvalue weighted by Gasteiger charge is 2.29. The second kappa shape index (κ2) is 8.92. The number of nitrogens with zero attached hydrogens (tertiary/aromatic N) is 3. The van der Waals surface area contributed by atoms with Gasteiger partial charge in [0, 0.05) is 48.7 Å². The van der Waals surface area contributed by atoms with Crippen molar-refractivity contribution in [3.05, 3.63) is 38.3 Å². The molecule has 2 aromatic rings. The summed E-state index contributed by atoms with van der Waals surface area (Å²) in [5.41, 5.74) is 4.35. The number of carbonyl (C=O) groups is 2. The van der Waals surface area contributed by atoms with Crippen molar-refractivity contribution in [3.63, 3.8) is 0 Å². The quantitative estimate of drug-likeness (QED) is 0.810. The molecular weight excluding hydrogens is 396 g/mol. The van der Waals surface area contributed by atoms with Crippen LogP contribution in [-0.2, 0) is 31.2 Å². The van der Waals surface area contributed by atoms with E-state index >= 15 is 0 Å². The minimum absolute atomic E-state index is 0.0227. The monoisotopic (exact) mass is 428 g/mol. The van der Waals surface area contributed by atoms with Crippen molar-refractivity contribution >= 4 is 23.2 Å². The van der Waals surface area contributed by atoms with Crippen LogP contribution in [0.25, 0.3) is 0 Å². The Morgan fingerprint density at radius 1 is 1.20 bits per heavy atom. The lowest BCUT2D eigenvalue weighted by Crippen LogP contribution is -2.33. The topological polar surface area (TPSA) is 67.2 Å². The Kier molecular flexibility index (Phi) is 6.27. The molecule has 1 fully saturated rings. The van der Waals surface area contributed by atoms with E-state index in [1.807, 2.05) is 30.5 Å². The smallest absolute Gasteiger partial charge is 0.263 e. The lowest BCUT2D eigenvalue weighted by molar-refractivity contribution is -0.125. The van der Waals surface area contributed by atoms with Crippen LogP contribution in [0, 0.1) is 19.8 Å². The summed E-state index contributed by atoms with van der Waals surface area (Å²) in [5, 5.41) is 7.54. The fourth-order valence-electron chi connectivity index (χ4n) is 4.68. The highest BCUT2D eigenvalue weighted by molar-refractivity contribution is 7.14. The maximum Gasteiger partial charge on any atom is 0.263 e. The predicted octanol–water partition coefficient (Wildman–Crippen LogP) is 3.54. The lowest BCUT2D eigenvalue weighted by Gasteiger charge is -2.21. The van der Waals surface area contributed by atoms with Gasteiger partial charge in [-0.25, -0.2) is 0 Å². The van der Waals surface area contributed by atoms with Crippen LogP contribution in [-0.4, -0.2) is 39.6 Å². The standard InChI is InChI=1S/C23H32N4O2S/c1-15-19(16(2)26(3)25-15)14-24-22(28)17-8-9-20-18(12-17)13-21(30-20)23(29)27-10-6-4-5-7-11-27/h13,17H,4-12,14H2,1-3H3,(H,24,28). The molecule has 1 aliphatic carbocycles. The van der Waals surface area contributed by atoms with E-state index in [0.29, 0.717) is 6.54 Å². The molecule has 3 heterocycles. The van der Waals surface area contributed by atoms with Crippen LogP contribution in [0.2, 0.25) is 0 Å². The number of fused-ring (bicyclic) bond motifs is 1. The zero-order chi connectivity index (χ0) is 21.3. The molecule has 2 amide bonds. The second-order valence-electron chi connectivity index (χ2n) is 8.70. The Hall–Kier alpha value is -2.15.